The van der Waals surface area contributed by atoms with Crippen molar-refractivity contribution in [1.82, 2.24) is 10.3 Å². The van der Waals surface area contributed by atoms with E-state index < -0.39 is 0 Å². The number of nitrogens with one attached hydrogen (secondary N) is 1. The number of amides is 1. The number of rotatable bonds is 6. The SMILES string of the molecule is Cc1ccc(-c2nc(CCNC(=O)CC(C)C)c(C)o2)cc1. The molecule has 0 aliphatic carbocycles. The maximum absolute atomic E-state index is 11.6. The van der Waals surface area contributed by atoms with E-state index in [1.807, 2.05) is 45.0 Å². The second kappa shape index (κ2) is 7.25. The smallest absolute Gasteiger partial charge is 0.226 e. The van der Waals surface area contributed by atoms with Crippen molar-refractivity contribution >= 4 is 5.91 Å². The van der Waals surface area contributed by atoms with E-state index in [9.17, 15) is 4.79 Å². The first-order valence-corrected chi connectivity index (χ1v) is 7.75. The first-order valence-electron chi connectivity index (χ1n) is 7.75. The van der Waals surface area contributed by atoms with E-state index in [0.29, 0.717) is 31.2 Å². The van der Waals surface area contributed by atoms with Gasteiger partial charge in [0, 0.05) is 24.9 Å². The summed E-state index contributed by atoms with van der Waals surface area (Å²) >= 11 is 0. The third-order valence-electron chi connectivity index (χ3n) is 3.47. The van der Waals surface area contributed by atoms with Crippen LogP contribution in [0.2, 0.25) is 0 Å². The highest BCUT2D eigenvalue weighted by Gasteiger charge is 2.12. The maximum Gasteiger partial charge on any atom is 0.226 e. The normalized spacial score (nSPS) is 11.0. The third-order valence-corrected chi connectivity index (χ3v) is 3.47. The van der Waals surface area contributed by atoms with Gasteiger partial charge in [-0.3, -0.25) is 4.79 Å². The van der Waals surface area contributed by atoms with Crippen LogP contribution in [0.4, 0.5) is 0 Å². The molecule has 1 heterocycles. The van der Waals surface area contributed by atoms with E-state index in [-0.39, 0.29) is 5.91 Å². The van der Waals surface area contributed by atoms with Crippen molar-refractivity contribution in [1.29, 1.82) is 0 Å². The minimum Gasteiger partial charge on any atom is -0.441 e. The fourth-order valence-electron chi connectivity index (χ4n) is 2.24. The standard InChI is InChI=1S/C18H24N2O2/c1-12(2)11-17(21)19-10-9-16-14(4)22-18(20-16)15-7-5-13(3)6-8-15/h5-8,12H,9-11H2,1-4H3,(H,19,21). The number of oxazole rings is 1. The summed E-state index contributed by atoms with van der Waals surface area (Å²) in [7, 11) is 0. The second-order valence-electron chi connectivity index (χ2n) is 6.09. The second-order valence-corrected chi connectivity index (χ2v) is 6.09. The van der Waals surface area contributed by atoms with E-state index >= 15 is 0 Å². The molecule has 4 heteroatoms. The van der Waals surface area contributed by atoms with Gasteiger partial charge in [0.1, 0.15) is 5.76 Å². The molecule has 22 heavy (non-hydrogen) atoms. The number of nitrogens with zero attached hydrogens (tertiary/aromatic N) is 1. The van der Waals surface area contributed by atoms with Gasteiger partial charge in [-0.25, -0.2) is 4.98 Å². The monoisotopic (exact) mass is 300 g/mol. The number of hydrogen-bond acceptors (Lipinski definition) is 3. The van der Waals surface area contributed by atoms with Crippen LogP contribution < -0.4 is 5.32 Å². The Morgan fingerprint density at radius 2 is 1.91 bits per heavy atom. The highest BCUT2D eigenvalue weighted by molar-refractivity contribution is 5.76. The van der Waals surface area contributed by atoms with Gasteiger partial charge in [0.15, 0.2) is 0 Å². The van der Waals surface area contributed by atoms with Gasteiger partial charge in [-0.05, 0) is 31.9 Å². The Morgan fingerprint density at radius 3 is 2.55 bits per heavy atom. The Labute approximate surface area is 131 Å². The quantitative estimate of drug-likeness (QED) is 0.885. The van der Waals surface area contributed by atoms with Crippen molar-refractivity contribution in [2.45, 2.75) is 40.5 Å². The van der Waals surface area contributed by atoms with Crippen molar-refractivity contribution < 1.29 is 9.21 Å². The van der Waals surface area contributed by atoms with Crippen LogP contribution in [-0.4, -0.2) is 17.4 Å². The summed E-state index contributed by atoms with van der Waals surface area (Å²) in [4.78, 5) is 16.2. The number of carbonyl (C=O) groups excluding carboxylic acids is 1. The molecule has 0 aliphatic heterocycles. The lowest BCUT2D eigenvalue weighted by Crippen LogP contribution is -2.26. The van der Waals surface area contributed by atoms with Crippen molar-refractivity contribution in [3.8, 4) is 11.5 Å². The van der Waals surface area contributed by atoms with Gasteiger partial charge in [-0.15, -0.1) is 0 Å². The van der Waals surface area contributed by atoms with Crippen LogP contribution in [0, 0.1) is 19.8 Å². The van der Waals surface area contributed by atoms with Gasteiger partial charge in [0.25, 0.3) is 0 Å². The molecular weight excluding hydrogens is 276 g/mol. The summed E-state index contributed by atoms with van der Waals surface area (Å²) in [6, 6.07) is 8.10. The zero-order valence-corrected chi connectivity index (χ0v) is 13.8. The van der Waals surface area contributed by atoms with Gasteiger partial charge >= 0.3 is 0 Å². The zero-order valence-electron chi connectivity index (χ0n) is 13.8. The first kappa shape index (κ1) is 16.3. The van der Waals surface area contributed by atoms with Crippen LogP contribution >= 0.6 is 0 Å². The average molecular weight is 300 g/mol. The summed E-state index contributed by atoms with van der Waals surface area (Å²) in [5.41, 5.74) is 3.09. The Morgan fingerprint density at radius 1 is 1.23 bits per heavy atom. The van der Waals surface area contributed by atoms with Crippen molar-refractivity contribution in [3.63, 3.8) is 0 Å². The summed E-state index contributed by atoms with van der Waals surface area (Å²) < 4.78 is 5.74. The number of carbonyl (C=O) groups is 1. The molecule has 0 unspecified atom stereocenters. The van der Waals surface area contributed by atoms with E-state index in [1.165, 1.54) is 5.56 Å². The number of aromatic nitrogens is 1. The van der Waals surface area contributed by atoms with E-state index in [2.05, 4.69) is 17.2 Å². The fraction of sp³-hybridized carbons (Fsp3) is 0.444. The van der Waals surface area contributed by atoms with Crippen LogP contribution in [0.15, 0.2) is 28.7 Å². The van der Waals surface area contributed by atoms with Crippen LogP contribution in [-0.2, 0) is 11.2 Å². The van der Waals surface area contributed by atoms with E-state index in [1.54, 1.807) is 0 Å². The first-order chi connectivity index (χ1) is 10.5. The van der Waals surface area contributed by atoms with Gasteiger partial charge in [0.05, 0.1) is 5.69 Å². The molecule has 1 aromatic heterocycles. The predicted molar refractivity (Wildman–Crippen MR) is 87.6 cm³/mol. The van der Waals surface area contributed by atoms with Crippen molar-refractivity contribution in [3.05, 3.63) is 41.3 Å². The lowest BCUT2D eigenvalue weighted by Gasteiger charge is -2.05. The fourth-order valence-corrected chi connectivity index (χ4v) is 2.24. The molecule has 4 nitrogen and oxygen atoms in total. The Balaban J connectivity index is 1.95. The van der Waals surface area contributed by atoms with Gasteiger partial charge in [-0.2, -0.15) is 0 Å². The van der Waals surface area contributed by atoms with E-state index in [4.69, 9.17) is 4.42 Å². The lowest BCUT2D eigenvalue weighted by atomic mass is 10.1. The molecule has 2 aromatic rings. The highest BCUT2D eigenvalue weighted by Crippen LogP contribution is 2.22. The average Bonchev–Trinajstić information content (AvgIpc) is 2.80. The molecule has 118 valence electrons. The summed E-state index contributed by atoms with van der Waals surface area (Å²) in [5.74, 6) is 1.92. The van der Waals surface area contributed by atoms with Crippen molar-refractivity contribution in [2.24, 2.45) is 5.92 Å². The summed E-state index contributed by atoms with van der Waals surface area (Å²) in [6.07, 6.45) is 1.25. The molecule has 1 N–H and O–H groups in total. The molecule has 0 saturated carbocycles. The molecule has 0 spiro atoms. The Hall–Kier alpha value is -2.10. The molecular formula is C18H24N2O2. The zero-order chi connectivity index (χ0) is 16.1. The van der Waals surface area contributed by atoms with Crippen LogP contribution in [0.5, 0.6) is 0 Å². The largest absolute Gasteiger partial charge is 0.441 e. The molecule has 1 amide bonds. The highest BCUT2D eigenvalue weighted by atomic mass is 16.4. The Bertz CT molecular complexity index is 627. The summed E-state index contributed by atoms with van der Waals surface area (Å²) in [5, 5.41) is 2.93. The minimum atomic E-state index is 0.0925. The van der Waals surface area contributed by atoms with Gasteiger partial charge < -0.3 is 9.73 Å². The van der Waals surface area contributed by atoms with Crippen LogP contribution in [0.1, 0.15) is 37.3 Å². The molecule has 0 saturated heterocycles. The van der Waals surface area contributed by atoms with Gasteiger partial charge in [-0.1, -0.05) is 31.5 Å². The van der Waals surface area contributed by atoms with Crippen LogP contribution in [0.25, 0.3) is 11.5 Å². The Kier molecular flexibility index (Phi) is 5.36. The van der Waals surface area contributed by atoms with Crippen LogP contribution in [0.3, 0.4) is 0 Å². The molecule has 2 rings (SSSR count). The van der Waals surface area contributed by atoms with Crippen molar-refractivity contribution in [2.75, 3.05) is 6.54 Å². The molecule has 0 bridgehead atoms. The molecule has 1 aromatic carbocycles. The third kappa shape index (κ3) is 4.45. The van der Waals surface area contributed by atoms with E-state index in [0.717, 1.165) is 17.0 Å². The predicted octanol–water partition coefficient (Wildman–Crippen LogP) is 3.66. The molecule has 0 atom stereocenters. The lowest BCUT2D eigenvalue weighted by molar-refractivity contribution is -0.121. The maximum atomic E-state index is 11.6. The summed E-state index contributed by atoms with van der Waals surface area (Å²) in [6.45, 7) is 8.63. The molecule has 0 aliphatic rings. The minimum absolute atomic E-state index is 0.0925. The topological polar surface area (TPSA) is 55.1 Å². The van der Waals surface area contributed by atoms with Gasteiger partial charge in [0.2, 0.25) is 11.8 Å². The number of aryl methyl sites for hydroxylation is 2. The molecule has 0 fully saturated rings. The number of benzene rings is 1. The number of hydrogen-bond donors (Lipinski definition) is 1. The molecule has 0 radical (unpaired) electrons.